The van der Waals surface area contributed by atoms with Crippen molar-refractivity contribution in [1.29, 1.82) is 0 Å². The second kappa shape index (κ2) is 11.6. The first kappa shape index (κ1) is 26.9. The third-order valence-corrected chi connectivity index (χ3v) is 9.20. The van der Waals surface area contributed by atoms with E-state index in [0.29, 0.717) is 47.5 Å². The molecule has 8 heteroatoms. The minimum Gasteiger partial charge on any atom is -0.366 e. The average Bonchev–Trinajstić information content (AvgIpc) is 2.95. The highest BCUT2D eigenvalue weighted by Gasteiger charge is 2.31. The van der Waals surface area contributed by atoms with Crippen molar-refractivity contribution in [2.75, 3.05) is 36.4 Å². The highest BCUT2D eigenvalue weighted by Crippen LogP contribution is 2.36. The van der Waals surface area contributed by atoms with Gasteiger partial charge in [-0.15, -0.1) is 0 Å². The van der Waals surface area contributed by atoms with Crippen LogP contribution in [0, 0.1) is 6.92 Å². The molecule has 0 bridgehead atoms. The number of anilines is 2. The van der Waals surface area contributed by atoms with Crippen LogP contribution in [-0.4, -0.2) is 44.8 Å². The van der Waals surface area contributed by atoms with Crippen LogP contribution in [0.1, 0.15) is 22.6 Å². The van der Waals surface area contributed by atoms with Gasteiger partial charge in [-0.25, -0.2) is 8.42 Å². The molecule has 0 radical (unpaired) electrons. The number of benzene rings is 4. The number of hydrogen-bond acceptors (Lipinski definition) is 4. The summed E-state index contributed by atoms with van der Waals surface area (Å²) < 4.78 is 27.9. The maximum atomic E-state index is 13.8. The highest BCUT2D eigenvalue weighted by molar-refractivity contribution is 7.89. The number of sulfonamides is 1. The third-order valence-electron chi connectivity index (χ3n) is 6.99. The number of para-hydroxylation sites is 1. The van der Waals surface area contributed by atoms with Gasteiger partial charge in [0.2, 0.25) is 15.9 Å². The first-order chi connectivity index (χ1) is 18.8. The van der Waals surface area contributed by atoms with Gasteiger partial charge < -0.3 is 10.2 Å². The minimum absolute atomic E-state index is 0.170. The zero-order chi connectivity index (χ0) is 27.4. The zero-order valence-electron chi connectivity index (χ0n) is 21.6. The summed E-state index contributed by atoms with van der Waals surface area (Å²) in [4.78, 5) is 16.1. The number of carbonyl (C=O) groups excluding carboxylic acids is 1. The summed E-state index contributed by atoms with van der Waals surface area (Å²) in [6, 6.07) is 31.7. The Hall–Kier alpha value is -3.65. The Morgan fingerprint density at radius 1 is 0.769 bits per heavy atom. The molecule has 0 saturated carbocycles. The van der Waals surface area contributed by atoms with Gasteiger partial charge in [0.05, 0.1) is 27.2 Å². The summed E-state index contributed by atoms with van der Waals surface area (Å²) in [6.07, 6.45) is 0. The summed E-state index contributed by atoms with van der Waals surface area (Å²) in [5.74, 6) is -0.674. The summed E-state index contributed by atoms with van der Waals surface area (Å²) in [6.45, 7) is 3.44. The fourth-order valence-corrected chi connectivity index (χ4v) is 6.66. The smallest absolute Gasteiger partial charge is 0.243 e. The van der Waals surface area contributed by atoms with Crippen molar-refractivity contribution in [2.24, 2.45) is 0 Å². The van der Waals surface area contributed by atoms with E-state index in [4.69, 9.17) is 11.6 Å². The van der Waals surface area contributed by atoms with Crippen molar-refractivity contribution < 1.29 is 13.2 Å². The van der Waals surface area contributed by atoms with Crippen LogP contribution in [0.5, 0.6) is 0 Å². The average molecular weight is 560 g/mol. The van der Waals surface area contributed by atoms with E-state index in [1.165, 1.54) is 4.31 Å². The fraction of sp³-hybridized carbons (Fsp3) is 0.194. The van der Waals surface area contributed by atoms with Gasteiger partial charge in [0, 0.05) is 26.2 Å². The van der Waals surface area contributed by atoms with Crippen LogP contribution in [0.4, 0.5) is 11.4 Å². The van der Waals surface area contributed by atoms with Crippen molar-refractivity contribution >= 4 is 38.9 Å². The normalized spacial score (nSPS) is 14.4. The van der Waals surface area contributed by atoms with Crippen LogP contribution in [0.25, 0.3) is 0 Å². The van der Waals surface area contributed by atoms with Gasteiger partial charge in [-0.2, -0.15) is 4.31 Å². The van der Waals surface area contributed by atoms with E-state index in [1.54, 1.807) is 36.4 Å². The molecule has 0 unspecified atom stereocenters. The molecule has 4 aromatic rings. The first-order valence-electron chi connectivity index (χ1n) is 12.9. The van der Waals surface area contributed by atoms with Gasteiger partial charge in [0.15, 0.2) is 0 Å². The number of halogens is 1. The number of piperazine rings is 1. The van der Waals surface area contributed by atoms with Crippen LogP contribution in [0.15, 0.2) is 108 Å². The molecule has 0 aliphatic carbocycles. The van der Waals surface area contributed by atoms with E-state index in [9.17, 15) is 13.2 Å². The van der Waals surface area contributed by atoms with Gasteiger partial charge in [-0.05, 0) is 42.3 Å². The summed E-state index contributed by atoms with van der Waals surface area (Å²) in [5.41, 5.74) is 4.08. The van der Waals surface area contributed by atoms with E-state index in [2.05, 4.69) is 5.32 Å². The highest BCUT2D eigenvalue weighted by atomic mass is 35.5. The number of nitrogens with one attached hydrogen (secondary N) is 1. The van der Waals surface area contributed by atoms with Crippen molar-refractivity contribution in [3.05, 3.63) is 125 Å². The summed E-state index contributed by atoms with van der Waals surface area (Å²) in [5, 5.41) is 3.62. The van der Waals surface area contributed by atoms with E-state index in [1.807, 2.05) is 78.6 Å². The van der Waals surface area contributed by atoms with Crippen molar-refractivity contribution in [1.82, 2.24) is 4.31 Å². The molecule has 1 N–H and O–H groups in total. The largest absolute Gasteiger partial charge is 0.366 e. The van der Waals surface area contributed by atoms with E-state index in [0.717, 1.165) is 16.7 Å². The second-order valence-electron chi connectivity index (χ2n) is 9.58. The van der Waals surface area contributed by atoms with E-state index in [-0.39, 0.29) is 5.91 Å². The van der Waals surface area contributed by atoms with Crippen molar-refractivity contribution in [3.63, 3.8) is 0 Å². The van der Waals surface area contributed by atoms with Crippen LogP contribution in [-0.2, 0) is 14.8 Å². The topological polar surface area (TPSA) is 69.7 Å². The quantitative estimate of drug-likeness (QED) is 0.305. The number of amides is 1. The van der Waals surface area contributed by atoms with Gasteiger partial charge >= 0.3 is 0 Å². The number of hydrogen-bond donors (Lipinski definition) is 1. The fourth-order valence-electron chi connectivity index (χ4n) is 4.94. The van der Waals surface area contributed by atoms with Crippen LogP contribution >= 0.6 is 11.6 Å². The number of carbonyl (C=O) groups is 1. The molecule has 1 aliphatic heterocycles. The van der Waals surface area contributed by atoms with Gasteiger partial charge in [-0.3, -0.25) is 4.79 Å². The Balaban J connectivity index is 1.37. The molecule has 1 aliphatic rings. The molecule has 1 heterocycles. The number of nitrogens with zero attached hydrogens (tertiary/aromatic N) is 2. The van der Waals surface area contributed by atoms with Crippen molar-refractivity contribution in [2.45, 2.75) is 17.7 Å². The minimum atomic E-state index is -3.59. The molecular weight excluding hydrogens is 530 g/mol. The Kier molecular flexibility index (Phi) is 8.02. The molecule has 0 aromatic heterocycles. The Bertz CT molecular complexity index is 1500. The first-order valence-corrected chi connectivity index (χ1v) is 14.7. The van der Waals surface area contributed by atoms with E-state index < -0.39 is 15.9 Å². The van der Waals surface area contributed by atoms with E-state index >= 15 is 0 Å². The Morgan fingerprint density at radius 3 is 1.90 bits per heavy atom. The lowest BCUT2D eigenvalue weighted by Gasteiger charge is -2.36. The molecule has 1 saturated heterocycles. The van der Waals surface area contributed by atoms with Crippen molar-refractivity contribution in [3.8, 4) is 0 Å². The van der Waals surface area contributed by atoms with Crippen LogP contribution < -0.4 is 10.2 Å². The SMILES string of the molecule is Cc1ccc(S(=O)(=O)N2CCN(c3c(Cl)cccc3NC(=O)C(c3ccccc3)c3ccccc3)CC2)cc1. The monoisotopic (exact) mass is 559 g/mol. The van der Waals surface area contributed by atoms with Gasteiger partial charge in [0.25, 0.3) is 0 Å². The molecule has 5 rings (SSSR count). The maximum absolute atomic E-state index is 13.8. The molecule has 0 spiro atoms. The molecule has 1 fully saturated rings. The molecule has 1 amide bonds. The lowest BCUT2D eigenvalue weighted by atomic mass is 9.90. The summed E-state index contributed by atoms with van der Waals surface area (Å²) >= 11 is 6.67. The predicted octanol–water partition coefficient (Wildman–Crippen LogP) is 5.93. The molecule has 4 aromatic carbocycles. The lowest BCUT2D eigenvalue weighted by Crippen LogP contribution is -2.49. The lowest BCUT2D eigenvalue weighted by molar-refractivity contribution is -0.116. The number of rotatable bonds is 7. The Morgan fingerprint density at radius 2 is 1.33 bits per heavy atom. The van der Waals surface area contributed by atoms with Crippen LogP contribution in [0.2, 0.25) is 5.02 Å². The Labute approximate surface area is 234 Å². The van der Waals surface area contributed by atoms with Gasteiger partial charge in [-0.1, -0.05) is 96.0 Å². The molecule has 6 nitrogen and oxygen atoms in total. The number of aryl methyl sites for hydroxylation is 1. The maximum Gasteiger partial charge on any atom is 0.243 e. The van der Waals surface area contributed by atoms with Gasteiger partial charge in [0.1, 0.15) is 0 Å². The molecule has 0 atom stereocenters. The third kappa shape index (κ3) is 5.86. The molecular formula is C31H30ClN3O3S. The molecule has 39 heavy (non-hydrogen) atoms. The summed E-state index contributed by atoms with van der Waals surface area (Å²) in [7, 11) is -3.59. The zero-order valence-corrected chi connectivity index (χ0v) is 23.2. The standard InChI is InChI=1S/C31H30ClN3O3S/c1-23-15-17-26(18-16-23)39(37,38)35-21-19-34(20-22-35)30-27(32)13-8-14-28(30)33-31(36)29(24-9-4-2-5-10-24)25-11-6-3-7-12-25/h2-18,29H,19-22H2,1H3,(H,33,36). The predicted molar refractivity (Wildman–Crippen MR) is 157 cm³/mol. The molecule has 200 valence electrons. The second-order valence-corrected chi connectivity index (χ2v) is 11.9. The van der Waals surface area contributed by atoms with Crippen LogP contribution in [0.3, 0.4) is 0 Å².